The summed E-state index contributed by atoms with van der Waals surface area (Å²) < 4.78 is 5.92. The van der Waals surface area contributed by atoms with Crippen LogP contribution in [0.25, 0.3) is 10.8 Å². The molecule has 3 aromatic rings. The van der Waals surface area contributed by atoms with Gasteiger partial charge in [0.2, 0.25) is 0 Å². The average Bonchev–Trinajstić information content (AvgIpc) is 2.85. The van der Waals surface area contributed by atoms with Crippen LogP contribution in [0.2, 0.25) is 0 Å². The summed E-state index contributed by atoms with van der Waals surface area (Å²) in [6, 6.07) is 14.5. The third-order valence-electron chi connectivity index (χ3n) is 5.89. The van der Waals surface area contributed by atoms with Crippen LogP contribution >= 0.6 is 0 Å². The maximum absolute atomic E-state index is 12.8. The fourth-order valence-electron chi connectivity index (χ4n) is 3.71. The first-order valence-corrected chi connectivity index (χ1v) is 11.9. The summed E-state index contributed by atoms with van der Waals surface area (Å²) in [7, 11) is 3.27. The highest BCUT2D eigenvalue weighted by Crippen LogP contribution is 2.34. The summed E-state index contributed by atoms with van der Waals surface area (Å²) in [5, 5.41) is 16.1. The molecule has 8 nitrogen and oxygen atoms in total. The Labute approximate surface area is 205 Å². The fourth-order valence-corrected chi connectivity index (χ4v) is 3.71. The lowest BCUT2D eigenvalue weighted by atomic mass is 9.82. The molecule has 1 saturated carbocycles. The van der Waals surface area contributed by atoms with Crippen LogP contribution < -0.4 is 10.1 Å². The molecule has 4 rings (SSSR count). The minimum absolute atomic E-state index is 0.0110. The first-order chi connectivity index (χ1) is 17.0. The Morgan fingerprint density at radius 1 is 1.09 bits per heavy atom. The third kappa shape index (κ3) is 6.35. The summed E-state index contributed by atoms with van der Waals surface area (Å²) in [5.74, 6) is 0.451. The minimum atomic E-state index is -0.590. The minimum Gasteiger partial charge on any atom is -0.505 e. The Kier molecular flexibility index (Phi) is 9.17. The van der Waals surface area contributed by atoms with Gasteiger partial charge in [0.05, 0.1) is 25.9 Å². The summed E-state index contributed by atoms with van der Waals surface area (Å²) in [5.41, 5.74) is 0.404. The molecule has 0 saturated heterocycles. The van der Waals surface area contributed by atoms with E-state index in [-0.39, 0.29) is 36.2 Å². The third-order valence-corrected chi connectivity index (χ3v) is 5.89. The number of nitrogens with one attached hydrogen (secondary N) is 1. The molecule has 186 valence electrons. The largest absolute Gasteiger partial charge is 0.505 e. The van der Waals surface area contributed by atoms with E-state index in [9.17, 15) is 14.7 Å². The van der Waals surface area contributed by atoms with E-state index in [1.54, 1.807) is 30.3 Å². The normalized spacial score (nSPS) is 13.1. The second-order valence-electron chi connectivity index (χ2n) is 8.12. The van der Waals surface area contributed by atoms with Gasteiger partial charge in [-0.15, -0.1) is 0 Å². The SMILES string of the molecule is CC.CON(C)Cc1nc(C(=O)NCC(=O)C2CCC2)c(O)c2ccc(Oc3ccccc3)cc12. The molecule has 1 amide bonds. The van der Waals surface area contributed by atoms with Crippen LogP contribution in [0.15, 0.2) is 48.5 Å². The van der Waals surface area contributed by atoms with E-state index < -0.39 is 5.91 Å². The number of carbonyl (C=O) groups excluding carboxylic acids is 2. The number of hydrogen-bond donors (Lipinski definition) is 2. The van der Waals surface area contributed by atoms with E-state index in [0.717, 1.165) is 19.3 Å². The lowest BCUT2D eigenvalue weighted by Gasteiger charge is -2.23. The molecule has 1 aromatic heterocycles. The van der Waals surface area contributed by atoms with Crippen LogP contribution in [-0.2, 0) is 16.2 Å². The van der Waals surface area contributed by atoms with Gasteiger partial charge in [0.15, 0.2) is 17.2 Å². The second kappa shape index (κ2) is 12.3. The Morgan fingerprint density at radius 3 is 2.43 bits per heavy atom. The molecular formula is C27H33N3O5. The second-order valence-corrected chi connectivity index (χ2v) is 8.12. The van der Waals surface area contributed by atoms with Gasteiger partial charge in [-0.3, -0.25) is 9.59 Å². The number of ether oxygens (including phenoxy) is 1. The molecule has 8 heteroatoms. The maximum Gasteiger partial charge on any atom is 0.274 e. The van der Waals surface area contributed by atoms with E-state index >= 15 is 0 Å². The first-order valence-electron chi connectivity index (χ1n) is 11.9. The van der Waals surface area contributed by atoms with Crippen LogP contribution in [0.5, 0.6) is 17.2 Å². The maximum atomic E-state index is 12.8. The zero-order valence-electron chi connectivity index (χ0n) is 20.7. The highest BCUT2D eigenvalue weighted by Gasteiger charge is 2.26. The van der Waals surface area contributed by atoms with Crippen molar-refractivity contribution in [2.24, 2.45) is 5.92 Å². The van der Waals surface area contributed by atoms with E-state index in [2.05, 4.69) is 10.3 Å². The summed E-state index contributed by atoms with van der Waals surface area (Å²) in [4.78, 5) is 34.6. The summed E-state index contributed by atoms with van der Waals surface area (Å²) in [6.45, 7) is 4.20. The number of benzene rings is 2. The van der Waals surface area contributed by atoms with Crippen molar-refractivity contribution in [3.05, 3.63) is 59.9 Å². The molecule has 1 aliphatic carbocycles. The molecular weight excluding hydrogens is 446 g/mol. The number of amides is 1. The van der Waals surface area contributed by atoms with Crippen molar-refractivity contribution in [3.63, 3.8) is 0 Å². The van der Waals surface area contributed by atoms with Gasteiger partial charge in [-0.05, 0) is 43.2 Å². The number of nitrogens with zero attached hydrogens (tertiary/aromatic N) is 2. The molecule has 0 radical (unpaired) electrons. The van der Waals surface area contributed by atoms with Crippen molar-refractivity contribution in [1.29, 1.82) is 0 Å². The number of para-hydroxylation sites is 1. The lowest BCUT2D eigenvalue weighted by Crippen LogP contribution is -2.35. The van der Waals surface area contributed by atoms with Gasteiger partial charge in [0.25, 0.3) is 5.91 Å². The Hall–Kier alpha value is -3.49. The Balaban J connectivity index is 0.00000167. The lowest BCUT2D eigenvalue weighted by molar-refractivity contribution is -0.124. The number of hydrogen-bond acceptors (Lipinski definition) is 7. The van der Waals surface area contributed by atoms with Gasteiger partial charge < -0.3 is 20.0 Å². The van der Waals surface area contributed by atoms with Crippen molar-refractivity contribution in [2.45, 2.75) is 39.7 Å². The van der Waals surface area contributed by atoms with Crippen LogP contribution in [0.3, 0.4) is 0 Å². The van der Waals surface area contributed by atoms with Crippen LogP contribution in [0, 0.1) is 5.92 Å². The quantitative estimate of drug-likeness (QED) is 0.423. The number of ketones is 1. The van der Waals surface area contributed by atoms with E-state index in [4.69, 9.17) is 9.57 Å². The van der Waals surface area contributed by atoms with E-state index in [1.807, 2.05) is 44.2 Å². The summed E-state index contributed by atoms with van der Waals surface area (Å²) >= 11 is 0. The Bertz CT molecular complexity index is 1160. The van der Waals surface area contributed by atoms with Crippen molar-refractivity contribution in [2.75, 3.05) is 20.7 Å². The van der Waals surface area contributed by atoms with Crippen molar-refractivity contribution in [3.8, 4) is 17.2 Å². The van der Waals surface area contributed by atoms with Gasteiger partial charge in [-0.25, -0.2) is 4.98 Å². The molecule has 0 spiro atoms. The number of Topliss-reactive ketones (excluding diaryl/α,β-unsaturated/α-hetero) is 1. The monoisotopic (exact) mass is 479 g/mol. The molecule has 1 fully saturated rings. The van der Waals surface area contributed by atoms with E-state index in [0.29, 0.717) is 28.0 Å². The number of aromatic nitrogens is 1. The van der Waals surface area contributed by atoms with Crippen LogP contribution in [0.4, 0.5) is 0 Å². The number of carbonyl (C=O) groups is 2. The Morgan fingerprint density at radius 2 is 1.80 bits per heavy atom. The number of aromatic hydroxyl groups is 1. The van der Waals surface area contributed by atoms with Gasteiger partial charge >= 0.3 is 0 Å². The van der Waals surface area contributed by atoms with Gasteiger partial charge in [0, 0.05) is 23.7 Å². The van der Waals surface area contributed by atoms with Gasteiger partial charge in [-0.2, -0.15) is 5.06 Å². The smallest absolute Gasteiger partial charge is 0.274 e. The molecule has 0 aliphatic heterocycles. The predicted molar refractivity (Wildman–Crippen MR) is 134 cm³/mol. The zero-order chi connectivity index (χ0) is 25.4. The number of fused-ring (bicyclic) bond motifs is 1. The van der Waals surface area contributed by atoms with Crippen LogP contribution in [0.1, 0.15) is 49.3 Å². The predicted octanol–water partition coefficient (Wildman–Crippen LogP) is 4.85. The molecule has 2 aromatic carbocycles. The van der Waals surface area contributed by atoms with Crippen molar-refractivity contribution < 1.29 is 24.3 Å². The topological polar surface area (TPSA) is 101 Å². The van der Waals surface area contributed by atoms with E-state index in [1.165, 1.54) is 7.11 Å². The molecule has 35 heavy (non-hydrogen) atoms. The van der Waals surface area contributed by atoms with Crippen molar-refractivity contribution >= 4 is 22.5 Å². The molecule has 2 N–H and O–H groups in total. The average molecular weight is 480 g/mol. The molecule has 0 unspecified atom stereocenters. The fraction of sp³-hybridized carbons (Fsp3) is 0.370. The van der Waals surface area contributed by atoms with Crippen molar-refractivity contribution in [1.82, 2.24) is 15.4 Å². The highest BCUT2D eigenvalue weighted by molar-refractivity contribution is 6.03. The first kappa shape index (κ1) is 26.1. The molecule has 0 bridgehead atoms. The summed E-state index contributed by atoms with van der Waals surface area (Å²) in [6.07, 6.45) is 2.79. The molecule has 1 aliphatic rings. The van der Waals surface area contributed by atoms with Gasteiger partial charge in [-0.1, -0.05) is 38.5 Å². The highest BCUT2D eigenvalue weighted by atomic mass is 16.7. The number of pyridine rings is 1. The zero-order valence-corrected chi connectivity index (χ0v) is 20.7. The number of rotatable bonds is 9. The number of hydroxylamine groups is 2. The molecule has 1 heterocycles. The molecule has 0 atom stereocenters. The standard InChI is InChI=1S/C25H27N3O5.C2H6/c1-28(32-2)15-21-20-13-18(33-17-9-4-3-5-10-17)11-12-19(20)24(30)23(27-21)25(31)26-14-22(29)16-7-6-8-16;1-2/h3-5,9-13,16,30H,6-8,14-15H2,1-2H3,(H,26,31);1-2H3. The van der Waals surface area contributed by atoms with Crippen LogP contribution in [-0.4, -0.2) is 47.5 Å². The van der Waals surface area contributed by atoms with Gasteiger partial charge in [0.1, 0.15) is 11.5 Å².